The standard InChI is InChI=1S/C20H22Cl3NO2/c1-2-3-4-5-6-11-26-15-9-7-14(8-10-15)20(25)24-19-13-17(22)16(21)12-18(19)23/h7-10,12-13H,2-6,11H2,1H3,(H,24,25). The highest BCUT2D eigenvalue weighted by Gasteiger charge is 2.11. The average Bonchev–Trinajstić information content (AvgIpc) is 2.63. The number of anilines is 1. The van der Waals surface area contributed by atoms with Crippen molar-refractivity contribution in [3.8, 4) is 5.75 Å². The van der Waals surface area contributed by atoms with Gasteiger partial charge in [-0.3, -0.25) is 4.79 Å². The number of hydrogen-bond acceptors (Lipinski definition) is 2. The van der Waals surface area contributed by atoms with Crippen LogP contribution >= 0.6 is 34.8 Å². The maximum atomic E-state index is 12.3. The number of ether oxygens (including phenoxy) is 1. The fourth-order valence-corrected chi connectivity index (χ4v) is 3.01. The van der Waals surface area contributed by atoms with Crippen LogP contribution in [0.15, 0.2) is 36.4 Å². The lowest BCUT2D eigenvalue weighted by atomic mass is 10.1. The topological polar surface area (TPSA) is 38.3 Å². The molecule has 2 aromatic carbocycles. The Bertz CT molecular complexity index is 733. The normalized spacial score (nSPS) is 10.6. The molecule has 0 saturated carbocycles. The summed E-state index contributed by atoms with van der Waals surface area (Å²) in [7, 11) is 0. The van der Waals surface area contributed by atoms with Gasteiger partial charge in [0.1, 0.15) is 5.75 Å². The van der Waals surface area contributed by atoms with Gasteiger partial charge < -0.3 is 10.1 Å². The molecular weight excluding hydrogens is 393 g/mol. The zero-order valence-electron chi connectivity index (χ0n) is 14.7. The molecule has 140 valence electrons. The van der Waals surface area contributed by atoms with Crippen LogP contribution in [0.25, 0.3) is 0 Å². The Balaban J connectivity index is 1.87. The monoisotopic (exact) mass is 413 g/mol. The Morgan fingerprint density at radius 2 is 1.58 bits per heavy atom. The fourth-order valence-electron chi connectivity index (χ4n) is 2.41. The molecule has 0 bridgehead atoms. The highest BCUT2D eigenvalue weighted by Crippen LogP contribution is 2.32. The molecule has 0 aliphatic rings. The van der Waals surface area contributed by atoms with E-state index in [1.807, 2.05) is 0 Å². The van der Waals surface area contributed by atoms with Crippen LogP contribution in [0, 0.1) is 0 Å². The van der Waals surface area contributed by atoms with E-state index in [1.165, 1.54) is 37.8 Å². The lowest BCUT2D eigenvalue weighted by Crippen LogP contribution is -2.12. The predicted octanol–water partition coefficient (Wildman–Crippen LogP) is 7.25. The summed E-state index contributed by atoms with van der Waals surface area (Å²) < 4.78 is 5.70. The minimum atomic E-state index is -0.281. The van der Waals surface area contributed by atoms with Gasteiger partial charge in [-0.1, -0.05) is 67.4 Å². The number of benzene rings is 2. The second kappa shape index (κ2) is 10.7. The minimum Gasteiger partial charge on any atom is -0.494 e. The molecule has 0 aliphatic heterocycles. The third-order valence-corrected chi connectivity index (χ3v) is 4.93. The SMILES string of the molecule is CCCCCCCOc1ccc(C(=O)Nc2cc(Cl)c(Cl)cc2Cl)cc1. The molecule has 3 nitrogen and oxygen atoms in total. The Morgan fingerprint density at radius 1 is 0.923 bits per heavy atom. The zero-order chi connectivity index (χ0) is 18.9. The lowest BCUT2D eigenvalue weighted by molar-refractivity contribution is 0.102. The Kier molecular flexibility index (Phi) is 8.56. The second-order valence-electron chi connectivity index (χ2n) is 5.99. The zero-order valence-corrected chi connectivity index (χ0v) is 16.9. The third kappa shape index (κ3) is 6.39. The van der Waals surface area contributed by atoms with Crippen molar-refractivity contribution in [2.24, 2.45) is 0 Å². The number of rotatable bonds is 9. The molecule has 1 amide bonds. The van der Waals surface area contributed by atoms with Gasteiger partial charge in [-0.15, -0.1) is 0 Å². The number of carbonyl (C=O) groups excluding carboxylic acids is 1. The van der Waals surface area contributed by atoms with E-state index in [2.05, 4.69) is 12.2 Å². The van der Waals surface area contributed by atoms with Crippen molar-refractivity contribution in [1.82, 2.24) is 0 Å². The van der Waals surface area contributed by atoms with Gasteiger partial charge in [0, 0.05) is 5.56 Å². The lowest BCUT2D eigenvalue weighted by Gasteiger charge is -2.10. The van der Waals surface area contributed by atoms with E-state index in [9.17, 15) is 4.79 Å². The van der Waals surface area contributed by atoms with Crippen LogP contribution in [-0.4, -0.2) is 12.5 Å². The minimum absolute atomic E-state index is 0.281. The Hall–Kier alpha value is -1.42. The smallest absolute Gasteiger partial charge is 0.255 e. The number of unbranched alkanes of at least 4 members (excludes halogenated alkanes) is 4. The van der Waals surface area contributed by atoms with E-state index in [1.54, 1.807) is 24.3 Å². The number of nitrogens with one attached hydrogen (secondary N) is 1. The first-order valence-electron chi connectivity index (χ1n) is 8.70. The summed E-state index contributed by atoms with van der Waals surface area (Å²) in [5, 5.41) is 3.73. The summed E-state index contributed by atoms with van der Waals surface area (Å²) in [6, 6.07) is 10.0. The van der Waals surface area contributed by atoms with E-state index in [0.29, 0.717) is 32.9 Å². The van der Waals surface area contributed by atoms with Gasteiger partial charge in [-0.25, -0.2) is 0 Å². The first-order chi connectivity index (χ1) is 12.5. The summed E-state index contributed by atoms with van der Waals surface area (Å²) in [6.07, 6.45) is 5.97. The summed E-state index contributed by atoms with van der Waals surface area (Å²) in [6.45, 7) is 2.89. The van der Waals surface area contributed by atoms with Crippen molar-refractivity contribution in [1.29, 1.82) is 0 Å². The summed E-state index contributed by atoms with van der Waals surface area (Å²) in [5.41, 5.74) is 0.918. The van der Waals surface area contributed by atoms with Crippen LogP contribution in [0.5, 0.6) is 5.75 Å². The highest BCUT2D eigenvalue weighted by atomic mass is 35.5. The quantitative estimate of drug-likeness (QED) is 0.346. The van der Waals surface area contributed by atoms with Gasteiger partial charge >= 0.3 is 0 Å². The molecule has 0 radical (unpaired) electrons. The van der Waals surface area contributed by atoms with Crippen molar-refractivity contribution in [3.63, 3.8) is 0 Å². The third-order valence-electron chi connectivity index (χ3n) is 3.89. The maximum absolute atomic E-state index is 12.3. The molecule has 2 aromatic rings. The number of amides is 1. The molecule has 0 aliphatic carbocycles. The van der Waals surface area contributed by atoms with E-state index in [4.69, 9.17) is 39.5 Å². The molecule has 0 unspecified atom stereocenters. The van der Waals surface area contributed by atoms with Gasteiger partial charge in [0.2, 0.25) is 0 Å². The van der Waals surface area contributed by atoms with Crippen LogP contribution in [0.4, 0.5) is 5.69 Å². The van der Waals surface area contributed by atoms with E-state index >= 15 is 0 Å². The molecule has 0 aromatic heterocycles. The van der Waals surface area contributed by atoms with Gasteiger partial charge in [-0.2, -0.15) is 0 Å². The summed E-state index contributed by atoms with van der Waals surface area (Å²) in [5.74, 6) is 0.473. The van der Waals surface area contributed by atoms with Crippen LogP contribution in [0.3, 0.4) is 0 Å². The molecule has 0 saturated heterocycles. The number of hydrogen-bond donors (Lipinski definition) is 1. The number of carbonyl (C=O) groups is 1. The molecule has 0 spiro atoms. The summed E-state index contributed by atoms with van der Waals surface area (Å²) >= 11 is 17.9. The Morgan fingerprint density at radius 3 is 2.27 bits per heavy atom. The van der Waals surface area contributed by atoms with Crippen molar-refractivity contribution < 1.29 is 9.53 Å². The fraction of sp³-hybridized carbons (Fsp3) is 0.350. The second-order valence-corrected chi connectivity index (χ2v) is 7.21. The van der Waals surface area contributed by atoms with E-state index in [0.717, 1.165) is 12.2 Å². The van der Waals surface area contributed by atoms with Crippen molar-refractivity contribution in [2.75, 3.05) is 11.9 Å². The molecular formula is C20H22Cl3NO2. The van der Waals surface area contributed by atoms with Gasteiger partial charge in [-0.05, 0) is 42.8 Å². The first-order valence-corrected chi connectivity index (χ1v) is 9.83. The molecule has 0 fully saturated rings. The van der Waals surface area contributed by atoms with Crippen LogP contribution in [0.2, 0.25) is 15.1 Å². The van der Waals surface area contributed by atoms with Gasteiger partial charge in [0.05, 0.1) is 27.4 Å². The van der Waals surface area contributed by atoms with Crippen molar-refractivity contribution >= 4 is 46.4 Å². The van der Waals surface area contributed by atoms with Gasteiger partial charge in [0.15, 0.2) is 0 Å². The Labute approximate surface area is 169 Å². The maximum Gasteiger partial charge on any atom is 0.255 e. The van der Waals surface area contributed by atoms with Crippen LogP contribution < -0.4 is 10.1 Å². The molecule has 0 heterocycles. The average molecular weight is 415 g/mol. The van der Waals surface area contributed by atoms with E-state index < -0.39 is 0 Å². The van der Waals surface area contributed by atoms with Crippen molar-refractivity contribution in [2.45, 2.75) is 39.0 Å². The molecule has 0 atom stereocenters. The molecule has 6 heteroatoms. The number of halogens is 3. The molecule has 26 heavy (non-hydrogen) atoms. The van der Waals surface area contributed by atoms with Gasteiger partial charge in [0.25, 0.3) is 5.91 Å². The van der Waals surface area contributed by atoms with Crippen LogP contribution in [-0.2, 0) is 0 Å². The first kappa shape index (κ1) is 20.9. The predicted molar refractivity (Wildman–Crippen MR) is 110 cm³/mol. The van der Waals surface area contributed by atoms with Crippen molar-refractivity contribution in [3.05, 3.63) is 57.0 Å². The summed E-state index contributed by atoms with van der Waals surface area (Å²) in [4.78, 5) is 12.3. The molecule has 1 N–H and O–H groups in total. The van der Waals surface area contributed by atoms with E-state index in [-0.39, 0.29) is 5.91 Å². The largest absolute Gasteiger partial charge is 0.494 e. The molecule has 2 rings (SSSR count). The van der Waals surface area contributed by atoms with Crippen LogP contribution in [0.1, 0.15) is 49.4 Å². The highest BCUT2D eigenvalue weighted by molar-refractivity contribution is 6.44.